The van der Waals surface area contributed by atoms with Crippen LogP contribution in [0.25, 0.3) is 0 Å². The number of carbonyl (C=O) groups excluding carboxylic acids is 4. The van der Waals surface area contributed by atoms with Gasteiger partial charge in [-0.05, 0) is 79.0 Å². The molecule has 0 saturated carbocycles. The first kappa shape index (κ1) is 50.4. The van der Waals surface area contributed by atoms with Crippen LogP contribution in [0.15, 0.2) is 84.9 Å². The molecule has 0 bridgehead atoms. The maximum absolute atomic E-state index is 13.7. The zero-order valence-electron chi connectivity index (χ0n) is 37.2. The van der Waals surface area contributed by atoms with Gasteiger partial charge in [0.1, 0.15) is 5.54 Å². The van der Waals surface area contributed by atoms with Crippen molar-refractivity contribution in [3.8, 4) is 5.88 Å². The Labute approximate surface area is 374 Å². The quantitative estimate of drug-likeness (QED) is 0.0500. The van der Waals surface area contributed by atoms with E-state index in [2.05, 4.69) is 44.6 Å². The van der Waals surface area contributed by atoms with E-state index in [1.165, 1.54) is 7.11 Å². The van der Waals surface area contributed by atoms with Crippen LogP contribution >= 0.6 is 0 Å². The predicted octanol–water partition coefficient (Wildman–Crippen LogP) is 3.99. The van der Waals surface area contributed by atoms with Crippen LogP contribution in [0.5, 0.6) is 5.88 Å². The number of carboxylic acids is 1. The Kier molecular flexibility index (Phi) is 19.3. The number of pyridine rings is 1. The fourth-order valence-electron chi connectivity index (χ4n) is 6.98. The van der Waals surface area contributed by atoms with Gasteiger partial charge < -0.3 is 46.0 Å². The molecular formula is C47H61N7O10. The number of aliphatic carboxylic acids is 1. The van der Waals surface area contributed by atoms with Crippen LogP contribution < -0.4 is 20.7 Å². The lowest BCUT2D eigenvalue weighted by atomic mass is 10.0. The minimum absolute atomic E-state index is 0.0485. The lowest BCUT2D eigenvalue weighted by molar-refractivity contribution is -0.140. The Morgan fingerprint density at radius 2 is 1.33 bits per heavy atom. The number of ether oxygens (including phenoxy) is 1. The molecule has 1 heterocycles. The van der Waals surface area contributed by atoms with E-state index < -0.39 is 49.1 Å². The van der Waals surface area contributed by atoms with Crippen molar-refractivity contribution in [2.45, 2.75) is 70.7 Å². The zero-order chi connectivity index (χ0) is 46.8. The summed E-state index contributed by atoms with van der Waals surface area (Å²) in [4.78, 5) is 73.7. The molecule has 0 atom stereocenters. The van der Waals surface area contributed by atoms with Crippen molar-refractivity contribution in [1.29, 1.82) is 0 Å². The van der Waals surface area contributed by atoms with Gasteiger partial charge in [-0.1, -0.05) is 50.2 Å². The molecule has 4 aromatic rings. The number of likely N-dealkylation sites (N-methyl/N-ethyl adjacent to an activating group) is 1. The van der Waals surface area contributed by atoms with Gasteiger partial charge in [0.05, 0.1) is 39.0 Å². The van der Waals surface area contributed by atoms with Crippen molar-refractivity contribution in [2.75, 3.05) is 64.7 Å². The van der Waals surface area contributed by atoms with Gasteiger partial charge in [0, 0.05) is 75.1 Å². The summed E-state index contributed by atoms with van der Waals surface area (Å²) in [6.45, 7) is 4.97. The molecule has 0 aliphatic rings. The molecule has 7 N–H and O–H groups in total. The molecular weight excluding hydrogens is 823 g/mol. The Bertz CT molecular complexity index is 2170. The highest BCUT2D eigenvalue weighted by atomic mass is 16.5. The number of anilines is 2. The van der Waals surface area contributed by atoms with Gasteiger partial charge >= 0.3 is 5.97 Å². The average Bonchev–Trinajstić information content (AvgIpc) is 3.30. The number of methoxy groups -OCH3 is 1. The molecule has 4 amide bonds. The summed E-state index contributed by atoms with van der Waals surface area (Å²) in [7, 11) is 5.04. The number of aliphatic hydroxyl groups excluding tert-OH is 3. The van der Waals surface area contributed by atoms with Gasteiger partial charge in [0.2, 0.25) is 11.8 Å². The second-order valence-corrected chi connectivity index (χ2v) is 15.8. The number of aromatic nitrogens is 1. The number of nitrogens with one attached hydrogen (secondary N) is 3. The summed E-state index contributed by atoms with van der Waals surface area (Å²) in [5.74, 6) is -2.60. The summed E-state index contributed by atoms with van der Waals surface area (Å²) in [5, 5.41) is 45.7. The minimum atomic E-state index is -1.52. The number of nitrogens with zero attached hydrogens (tertiary/aromatic N) is 4. The number of hydrogen-bond acceptors (Lipinski definition) is 12. The molecule has 0 aliphatic heterocycles. The number of hydrogen-bond donors (Lipinski definition) is 7. The van der Waals surface area contributed by atoms with E-state index in [4.69, 9.17) is 9.84 Å². The van der Waals surface area contributed by atoms with E-state index in [1.54, 1.807) is 78.7 Å². The largest absolute Gasteiger partial charge is 0.481 e. The van der Waals surface area contributed by atoms with Crippen LogP contribution in [0, 0.1) is 0 Å². The highest BCUT2D eigenvalue weighted by Crippen LogP contribution is 2.23. The van der Waals surface area contributed by atoms with Gasteiger partial charge in [-0.15, -0.1) is 0 Å². The maximum Gasteiger partial charge on any atom is 0.303 e. The van der Waals surface area contributed by atoms with Crippen LogP contribution in [0.1, 0.15) is 87.4 Å². The molecule has 3 aromatic carbocycles. The number of amides is 4. The standard InChI is InChI=1S/C47H61N7O10/c1-6-38(7-2)54(24-23-53(4)41(58)21-22-42(59)60)28-34-9-8-10-36(25-34)44(61)49-39-19-20-40(64-5)50-43(39)46(63)48-37-17-13-33(14-18-37)27-52(3)26-32-11-15-35(16-12-32)45(62)51-47(29-55,30-56)31-57/h8-20,25,38,55-57H,6-7,21-24,26-31H2,1-5H3,(H,48,63)(H,49,61)(H,51,62)(H,59,60). The highest BCUT2D eigenvalue weighted by Gasteiger charge is 2.30. The van der Waals surface area contributed by atoms with E-state index in [1.807, 2.05) is 25.2 Å². The Balaban J connectivity index is 1.38. The highest BCUT2D eigenvalue weighted by molar-refractivity contribution is 6.11. The average molecular weight is 884 g/mol. The lowest BCUT2D eigenvalue weighted by Gasteiger charge is -2.32. The van der Waals surface area contributed by atoms with Gasteiger partial charge in [0.15, 0.2) is 5.69 Å². The fourth-order valence-corrected chi connectivity index (χ4v) is 6.98. The second kappa shape index (κ2) is 24.6. The minimum Gasteiger partial charge on any atom is -0.481 e. The van der Waals surface area contributed by atoms with Crippen LogP contribution in [0.3, 0.4) is 0 Å². The fraction of sp³-hybridized carbons (Fsp3) is 0.404. The molecule has 0 radical (unpaired) electrons. The monoisotopic (exact) mass is 883 g/mol. The first-order chi connectivity index (χ1) is 30.7. The molecule has 0 spiro atoms. The molecule has 0 aliphatic carbocycles. The topological polar surface area (TPSA) is 234 Å². The summed E-state index contributed by atoms with van der Waals surface area (Å²) < 4.78 is 5.30. The molecule has 0 unspecified atom stereocenters. The van der Waals surface area contributed by atoms with Crippen molar-refractivity contribution < 1.29 is 49.1 Å². The SMILES string of the molecule is CCC(CC)N(CCN(C)C(=O)CCC(=O)O)Cc1cccc(C(=O)Nc2ccc(OC)nc2C(=O)Nc2ccc(CN(C)Cc3ccc(C(=O)NC(CO)(CO)CO)cc3)cc2)c1. The van der Waals surface area contributed by atoms with Crippen molar-refractivity contribution in [2.24, 2.45) is 0 Å². The molecule has 1 aromatic heterocycles. The molecule has 17 heteroatoms. The maximum atomic E-state index is 13.7. The molecule has 344 valence electrons. The van der Waals surface area contributed by atoms with E-state index in [9.17, 15) is 39.3 Å². The van der Waals surface area contributed by atoms with Crippen molar-refractivity contribution >= 4 is 41.0 Å². The Hall–Kier alpha value is -6.24. The Morgan fingerprint density at radius 1 is 0.703 bits per heavy atom. The summed E-state index contributed by atoms with van der Waals surface area (Å²) in [6, 6.07) is 24.7. The van der Waals surface area contributed by atoms with Gasteiger partial charge in [0.25, 0.3) is 17.7 Å². The van der Waals surface area contributed by atoms with E-state index in [-0.39, 0.29) is 42.1 Å². The van der Waals surface area contributed by atoms with Crippen LogP contribution in [-0.4, -0.2) is 135 Å². The normalized spacial score (nSPS) is 11.4. The second-order valence-electron chi connectivity index (χ2n) is 15.8. The Morgan fingerprint density at radius 3 is 1.91 bits per heavy atom. The number of rotatable bonds is 25. The molecule has 4 rings (SSSR count). The van der Waals surface area contributed by atoms with Crippen molar-refractivity contribution in [1.82, 2.24) is 25.0 Å². The predicted molar refractivity (Wildman–Crippen MR) is 242 cm³/mol. The first-order valence-corrected chi connectivity index (χ1v) is 21.1. The number of carboxylic acid groups (broad SMARTS) is 1. The molecule has 64 heavy (non-hydrogen) atoms. The number of aliphatic hydroxyl groups is 3. The summed E-state index contributed by atoms with van der Waals surface area (Å²) >= 11 is 0. The molecule has 0 saturated heterocycles. The van der Waals surface area contributed by atoms with Crippen LogP contribution in [0.2, 0.25) is 0 Å². The van der Waals surface area contributed by atoms with Gasteiger partial charge in [-0.3, -0.25) is 33.8 Å². The number of benzene rings is 3. The third-order valence-corrected chi connectivity index (χ3v) is 10.9. The third-order valence-electron chi connectivity index (χ3n) is 10.9. The van der Waals surface area contributed by atoms with Crippen molar-refractivity contribution in [3.05, 3.63) is 118 Å². The summed E-state index contributed by atoms with van der Waals surface area (Å²) in [5.41, 5.74) is 2.60. The zero-order valence-corrected chi connectivity index (χ0v) is 37.2. The van der Waals surface area contributed by atoms with Crippen LogP contribution in [0.4, 0.5) is 11.4 Å². The third kappa shape index (κ3) is 14.7. The van der Waals surface area contributed by atoms with Gasteiger partial charge in [-0.25, -0.2) is 4.98 Å². The number of carbonyl (C=O) groups is 5. The van der Waals surface area contributed by atoms with Crippen LogP contribution in [-0.2, 0) is 29.2 Å². The van der Waals surface area contributed by atoms with E-state index >= 15 is 0 Å². The van der Waals surface area contributed by atoms with Gasteiger partial charge in [-0.2, -0.15) is 0 Å². The van der Waals surface area contributed by atoms with Crippen molar-refractivity contribution in [3.63, 3.8) is 0 Å². The first-order valence-electron chi connectivity index (χ1n) is 21.1. The smallest absolute Gasteiger partial charge is 0.303 e. The van der Waals surface area contributed by atoms with E-state index in [0.29, 0.717) is 49.5 Å². The molecule has 17 nitrogen and oxygen atoms in total. The lowest BCUT2D eigenvalue weighted by Crippen LogP contribution is -2.57. The molecule has 0 fully saturated rings. The summed E-state index contributed by atoms with van der Waals surface area (Å²) in [6.07, 6.45) is 1.48. The van der Waals surface area contributed by atoms with E-state index in [0.717, 1.165) is 29.5 Å².